The molecule has 2 aromatic rings. The summed E-state index contributed by atoms with van der Waals surface area (Å²) in [5, 5.41) is 2.79. The van der Waals surface area contributed by atoms with Crippen molar-refractivity contribution in [3.63, 3.8) is 0 Å². The number of hydrogen-bond acceptors (Lipinski definition) is 4. The van der Waals surface area contributed by atoms with Crippen molar-refractivity contribution in [2.45, 2.75) is 39.8 Å². The number of rotatable bonds is 6. The maximum Gasteiger partial charge on any atom is 0.247 e. The van der Waals surface area contributed by atoms with Crippen molar-refractivity contribution in [1.29, 1.82) is 0 Å². The molecule has 1 heterocycles. The van der Waals surface area contributed by atoms with E-state index < -0.39 is 27.4 Å². The smallest absolute Gasteiger partial charge is 0.247 e. The average molecular weight is 462 g/mol. The summed E-state index contributed by atoms with van der Waals surface area (Å²) in [5.74, 6) is -1.52. The van der Waals surface area contributed by atoms with Crippen molar-refractivity contribution in [3.05, 3.63) is 65.0 Å². The van der Waals surface area contributed by atoms with Gasteiger partial charge in [-0.05, 0) is 68.7 Å². The normalized spacial score (nSPS) is 19.8. The van der Waals surface area contributed by atoms with Gasteiger partial charge in [0, 0.05) is 18.8 Å². The molecule has 2 amide bonds. The minimum Gasteiger partial charge on any atom is -0.350 e. The number of anilines is 1. The highest BCUT2D eigenvalue weighted by Gasteiger charge is 2.50. The molecule has 2 aromatic carbocycles. The van der Waals surface area contributed by atoms with Crippen LogP contribution in [0.15, 0.2) is 42.5 Å². The van der Waals surface area contributed by atoms with Crippen LogP contribution in [-0.2, 0) is 26.2 Å². The van der Waals surface area contributed by atoms with Crippen LogP contribution in [0, 0.1) is 19.7 Å². The Hall–Kier alpha value is -2.78. The van der Waals surface area contributed by atoms with E-state index in [2.05, 4.69) is 5.32 Å². The van der Waals surface area contributed by atoms with E-state index in [-0.39, 0.29) is 31.2 Å². The Morgan fingerprint density at radius 1 is 1.12 bits per heavy atom. The summed E-state index contributed by atoms with van der Waals surface area (Å²) in [5.41, 5.74) is 1.59. The number of nitrogens with one attached hydrogen (secondary N) is 1. The van der Waals surface area contributed by atoms with Crippen LogP contribution in [0.4, 0.5) is 10.1 Å². The Labute approximate surface area is 188 Å². The van der Waals surface area contributed by atoms with Gasteiger partial charge in [-0.15, -0.1) is 0 Å². The minimum atomic E-state index is -3.69. The standard InChI is InChI=1S/C23H28FN3O4S/c1-5-32(30,31)26-14-21(28)27(20-11-16(2)10-17(3)12-20)23(4,15-26)22(29)25-13-18-6-8-19(24)9-7-18/h6-12H,5,13-15H2,1-4H3,(H,25,29). The van der Waals surface area contributed by atoms with Gasteiger partial charge >= 0.3 is 0 Å². The summed E-state index contributed by atoms with van der Waals surface area (Å²) >= 11 is 0. The summed E-state index contributed by atoms with van der Waals surface area (Å²) in [6, 6.07) is 11.3. The van der Waals surface area contributed by atoms with Crippen LogP contribution in [0.25, 0.3) is 0 Å². The zero-order chi connectivity index (χ0) is 23.7. The molecule has 0 bridgehead atoms. The molecule has 32 heavy (non-hydrogen) atoms. The highest BCUT2D eigenvalue weighted by Crippen LogP contribution is 2.32. The molecule has 0 aromatic heterocycles. The Morgan fingerprint density at radius 3 is 2.28 bits per heavy atom. The number of benzene rings is 2. The second-order valence-electron chi connectivity index (χ2n) is 8.33. The summed E-state index contributed by atoms with van der Waals surface area (Å²) in [6.45, 7) is 6.47. The van der Waals surface area contributed by atoms with E-state index in [1.165, 1.54) is 24.0 Å². The third-order valence-corrected chi connectivity index (χ3v) is 7.39. The Bertz CT molecular complexity index is 1110. The van der Waals surface area contributed by atoms with E-state index >= 15 is 0 Å². The zero-order valence-electron chi connectivity index (χ0n) is 18.7. The van der Waals surface area contributed by atoms with Crippen LogP contribution in [0.5, 0.6) is 0 Å². The number of hydrogen-bond donors (Lipinski definition) is 1. The Balaban J connectivity index is 1.99. The Morgan fingerprint density at radius 2 is 1.72 bits per heavy atom. The number of carbonyl (C=O) groups is 2. The largest absolute Gasteiger partial charge is 0.350 e. The highest BCUT2D eigenvalue weighted by atomic mass is 32.2. The van der Waals surface area contributed by atoms with Crippen molar-refractivity contribution in [1.82, 2.24) is 9.62 Å². The van der Waals surface area contributed by atoms with Crippen LogP contribution in [0.2, 0.25) is 0 Å². The van der Waals surface area contributed by atoms with E-state index in [9.17, 15) is 22.4 Å². The molecule has 0 radical (unpaired) electrons. The lowest BCUT2D eigenvalue weighted by Gasteiger charge is -2.46. The monoisotopic (exact) mass is 461 g/mol. The summed E-state index contributed by atoms with van der Waals surface area (Å²) in [6.07, 6.45) is 0. The molecule has 1 N–H and O–H groups in total. The fourth-order valence-electron chi connectivity index (χ4n) is 4.00. The minimum absolute atomic E-state index is 0.115. The van der Waals surface area contributed by atoms with E-state index in [0.29, 0.717) is 11.3 Å². The molecule has 1 saturated heterocycles. The number of amides is 2. The molecule has 1 aliphatic rings. The van der Waals surface area contributed by atoms with E-state index in [0.717, 1.165) is 15.4 Å². The molecule has 3 rings (SSSR count). The van der Waals surface area contributed by atoms with Crippen LogP contribution in [-0.4, -0.2) is 48.9 Å². The fraction of sp³-hybridized carbons (Fsp3) is 0.391. The van der Waals surface area contributed by atoms with Gasteiger partial charge in [-0.1, -0.05) is 18.2 Å². The predicted octanol–water partition coefficient (Wildman–Crippen LogP) is 2.52. The molecule has 9 heteroatoms. The van der Waals surface area contributed by atoms with Gasteiger partial charge in [-0.3, -0.25) is 14.5 Å². The van der Waals surface area contributed by atoms with Gasteiger partial charge < -0.3 is 5.32 Å². The lowest BCUT2D eigenvalue weighted by Crippen LogP contribution is -2.70. The number of aryl methyl sites for hydroxylation is 2. The quantitative estimate of drug-likeness (QED) is 0.716. The van der Waals surface area contributed by atoms with Crippen molar-refractivity contribution in [2.24, 2.45) is 0 Å². The lowest BCUT2D eigenvalue weighted by molar-refractivity contribution is -0.133. The first kappa shape index (κ1) is 23.9. The van der Waals surface area contributed by atoms with Crippen molar-refractivity contribution in [2.75, 3.05) is 23.7 Å². The molecular weight excluding hydrogens is 433 g/mol. The van der Waals surface area contributed by atoms with Gasteiger partial charge in [0.1, 0.15) is 11.4 Å². The fourth-order valence-corrected chi connectivity index (χ4v) is 5.12. The molecule has 0 saturated carbocycles. The molecule has 7 nitrogen and oxygen atoms in total. The first-order valence-electron chi connectivity index (χ1n) is 10.4. The third-order valence-electron chi connectivity index (χ3n) is 5.62. The van der Waals surface area contributed by atoms with Crippen LogP contribution >= 0.6 is 0 Å². The third kappa shape index (κ3) is 4.83. The molecule has 1 atom stereocenters. The van der Waals surface area contributed by atoms with Gasteiger partial charge in [-0.25, -0.2) is 12.8 Å². The first-order chi connectivity index (χ1) is 15.0. The second kappa shape index (κ2) is 8.99. The SMILES string of the molecule is CCS(=O)(=O)N1CC(=O)N(c2cc(C)cc(C)c2)C(C)(C(=O)NCc2ccc(F)cc2)C1. The molecular formula is C23H28FN3O4S. The molecule has 1 aliphatic heterocycles. The lowest BCUT2D eigenvalue weighted by atomic mass is 9.93. The number of halogens is 1. The van der Waals surface area contributed by atoms with E-state index in [1.807, 2.05) is 19.9 Å². The van der Waals surface area contributed by atoms with Gasteiger partial charge in [0.2, 0.25) is 21.8 Å². The number of sulfonamides is 1. The van der Waals surface area contributed by atoms with Gasteiger partial charge in [-0.2, -0.15) is 4.31 Å². The molecule has 1 unspecified atom stereocenters. The van der Waals surface area contributed by atoms with E-state index in [4.69, 9.17) is 0 Å². The number of piperazine rings is 1. The zero-order valence-corrected chi connectivity index (χ0v) is 19.5. The average Bonchev–Trinajstić information content (AvgIpc) is 2.71. The number of carbonyl (C=O) groups excluding carboxylic acids is 2. The second-order valence-corrected chi connectivity index (χ2v) is 10.6. The van der Waals surface area contributed by atoms with Crippen molar-refractivity contribution >= 4 is 27.5 Å². The maximum atomic E-state index is 13.4. The van der Waals surface area contributed by atoms with Crippen LogP contribution < -0.4 is 10.2 Å². The predicted molar refractivity (Wildman–Crippen MR) is 121 cm³/mol. The maximum absolute atomic E-state index is 13.4. The summed E-state index contributed by atoms with van der Waals surface area (Å²) in [7, 11) is -3.69. The van der Waals surface area contributed by atoms with Gasteiger partial charge in [0.25, 0.3) is 0 Å². The molecule has 0 aliphatic carbocycles. The first-order valence-corrected chi connectivity index (χ1v) is 12.0. The van der Waals surface area contributed by atoms with Crippen LogP contribution in [0.3, 0.4) is 0 Å². The summed E-state index contributed by atoms with van der Waals surface area (Å²) in [4.78, 5) is 28.0. The van der Waals surface area contributed by atoms with Crippen molar-refractivity contribution in [3.8, 4) is 0 Å². The van der Waals surface area contributed by atoms with Gasteiger partial charge in [0.05, 0.1) is 12.3 Å². The molecule has 1 fully saturated rings. The number of nitrogens with zero attached hydrogens (tertiary/aromatic N) is 2. The van der Waals surface area contributed by atoms with Crippen LogP contribution in [0.1, 0.15) is 30.5 Å². The van der Waals surface area contributed by atoms with E-state index in [1.54, 1.807) is 31.2 Å². The molecule has 0 spiro atoms. The topological polar surface area (TPSA) is 86.8 Å². The Kier molecular flexibility index (Phi) is 6.71. The summed E-state index contributed by atoms with van der Waals surface area (Å²) < 4.78 is 39.4. The van der Waals surface area contributed by atoms with Gasteiger partial charge in [0.15, 0.2) is 0 Å². The van der Waals surface area contributed by atoms with Crippen molar-refractivity contribution < 1.29 is 22.4 Å². The molecule has 172 valence electrons. The highest BCUT2D eigenvalue weighted by molar-refractivity contribution is 7.89.